The highest BCUT2D eigenvalue weighted by Gasteiger charge is 2.16. The lowest BCUT2D eigenvalue weighted by Gasteiger charge is -2.22. The molecule has 0 spiro atoms. The zero-order chi connectivity index (χ0) is 21.2. The normalized spacial score (nSPS) is 13.4. The van der Waals surface area contributed by atoms with Gasteiger partial charge in [0.1, 0.15) is 17.6 Å². The molecule has 30 heavy (non-hydrogen) atoms. The van der Waals surface area contributed by atoms with Crippen LogP contribution in [-0.4, -0.2) is 67.6 Å². The zero-order valence-electron chi connectivity index (χ0n) is 18.8. The number of guanidine groups is 1. The van der Waals surface area contributed by atoms with Gasteiger partial charge in [-0.1, -0.05) is 6.07 Å². The molecular formula is C21H35IN6O2. The molecule has 2 aromatic rings. The number of hydrogen-bond donors (Lipinski definition) is 2. The topological polar surface area (TPSA) is 75.9 Å². The van der Waals surface area contributed by atoms with Crippen molar-refractivity contribution in [2.24, 2.45) is 12.0 Å². The van der Waals surface area contributed by atoms with Gasteiger partial charge in [0.15, 0.2) is 5.96 Å². The molecule has 2 unspecified atom stereocenters. The van der Waals surface area contributed by atoms with Gasteiger partial charge in [-0.3, -0.25) is 9.67 Å². The van der Waals surface area contributed by atoms with Crippen LogP contribution in [0, 0.1) is 0 Å². The lowest BCUT2D eigenvalue weighted by molar-refractivity contribution is 0.223. The summed E-state index contributed by atoms with van der Waals surface area (Å²) in [7, 11) is 7.68. The van der Waals surface area contributed by atoms with Gasteiger partial charge in [-0.2, -0.15) is 5.10 Å². The Morgan fingerprint density at radius 2 is 2.00 bits per heavy atom. The van der Waals surface area contributed by atoms with Crippen molar-refractivity contribution >= 4 is 29.9 Å². The number of aliphatic imine (C=N–C) groups is 1. The summed E-state index contributed by atoms with van der Waals surface area (Å²) in [5.74, 6) is 2.33. The van der Waals surface area contributed by atoms with E-state index in [9.17, 15) is 0 Å². The molecule has 0 bridgehead atoms. The average molecular weight is 530 g/mol. The number of halogens is 1. The number of methoxy groups -OCH3 is 1. The van der Waals surface area contributed by atoms with Crippen LogP contribution in [0.3, 0.4) is 0 Å². The van der Waals surface area contributed by atoms with Crippen molar-refractivity contribution in [2.75, 3.05) is 40.8 Å². The van der Waals surface area contributed by atoms with Crippen LogP contribution in [0.1, 0.15) is 25.5 Å². The van der Waals surface area contributed by atoms with Crippen LogP contribution in [0.5, 0.6) is 11.5 Å². The first kappa shape index (κ1) is 26.0. The van der Waals surface area contributed by atoms with Gasteiger partial charge in [-0.05, 0) is 40.1 Å². The number of likely N-dealkylation sites (N-methyl/N-ethyl adjacent to an activating group) is 1. The molecule has 0 fully saturated rings. The quantitative estimate of drug-likeness (QED) is 0.280. The highest BCUT2D eigenvalue weighted by Crippen LogP contribution is 2.20. The molecule has 2 rings (SSSR count). The van der Waals surface area contributed by atoms with Crippen molar-refractivity contribution in [1.82, 2.24) is 25.3 Å². The Morgan fingerprint density at radius 3 is 2.60 bits per heavy atom. The molecule has 0 saturated heterocycles. The number of nitrogens with zero attached hydrogens (tertiary/aromatic N) is 4. The zero-order valence-corrected chi connectivity index (χ0v) is 21.1. The van der Waals surface area contributed by atoms with Crippen LogP contribution >= 0.6 is 24.0 Å². The molecule has 0 radical (unpaired) electrons. The van der Waals surface area contributed by atoms with Crippen LogP contribution in [-0.2, 0) is 7.05 Å². The summed E-state index contributed by atoms with van der Waals surface area (Å²) in [6, 6.07) is 7.78. The van der Waals surface area contributed by atoms with Crippen LogP contribution < -0.4 is 20.1 Å². The first-order valence-electron chi connectivity index (χ1n) is 9.90. The standard InChI is InChI=1S/C21H34N6O2.HI/c1-7-22-21(24-14-20(26(3)4)17-13-25-27(5)15-17)23-12-16(2)29-19-10-8-9-18(11-19)28-6;/h8-11,13,15-16,20H,7,12,14H2,1-6H3,(H2,22,23,24);1H. The molecule has 1 aromatic heterocycles. The number of aromatic nitrogens is 2. The third kappa shape index (κ3) is 8.39. The Hall–Kier alpha value is -2.01. The Morgan fingerprint density at radius 1 is 1.27 bits per heavy atom. The number of ether oxygens (including phenoxy) is 2. The summed E-state index contributed by atoms with van der Waals surface area (Å²) in [4.78, 5) is 6.92. The fourth-order valence-electron chi connectivity index (χ4n) is 2.89. The fourth-order valence-corrected chi connectivity index (χ4v) is 2.89. The van der Waals surface area contributed by atoms with Gasteiger partial charge in [0.05, 0.1) is 32.4 Å². The Kier molecular flexibility index (Phi) is 11.6. The van der Waals surface area contributed by atoms with Gasteiger partial charge >= 0.3 is 0 Å². The van der Waals surface area contributed by atoms with Crippen LogP contribution in [0.4, 0.5) is 0 Å². The second-order valence-electron chi connectivity index (χ2n) is 7.13. The molecule has 168 valence electrons. The number of benzene rings is 1. The molecule has 0 aliphatic carbocycles. The summed E-state index contributed by atoms with van der Waals surface area (Å²) in [6.45, 7) is 6.12. The molecule has 0 amide bonds. The lowest BCUT2D eigenvalue weighted by Crippen LogP contribution is -2.42. The van der Waals surface area contributed by atoms with Crippen molar-refractivity contribution in [1.29, 1.82) is 0 Å². The minimum absolute atomic E-state index is 0. The third-order valence-corrected chi connectivity index (χ3v) is 4.43. The lowest BCUT2D eigenvalue weighted by atomic mass is 10.1. The molecule has 0 aliphatic heterocycles. The molecule has 2 atom stereocenters. The number of hydrogen-bond acceptors (Lipinski definition) is 5. The van der Waals surface area contributed by atoms with Crippen LogP contribution in [0.25, 0.3) is 0 Å². The maximum Gasteiger partial charge on any atom is 0.191 e. The van der Waals surface area contributed by atoms with Gasteiger partial charge in [-0.25, -0.2) is 0 Å². The molecular weight excluding hydrogens is 495 g/mol. The summed E-state index contributed by atoms with van der Waals surface area (Å²) in [6.07, 6.45) is 3.89. The minimum atomic E-state index is -0.0334. The van der Waals surface area contributed by atoms with Gasteiger partial charge in [0.2, 0.25) is 0 Å². The summed E-state index contributed by atoms with van der Waals surface area (Å²) in [5, 5.41) is 10.9. The van der Waals surface area contributed by atoms with Gasteiger partial charge in [0.25, 0.3) is 0 Å². The summed E-state index contributed by atoms with van der Waals surface area (Å²) >= 11 is 0. The SMILES string of the molecule is CCNC(=NCC(c1cnn(C)c1)N(C)C)NCC(C)Oc1cccc(OC)c1.I. The molecule has 8 nitrogen and oxygen atoms in total. The maximum atomic E-state index is 5.98. The van der Waals surface area contributed by atoms with E-state index in [4.69, 9.17) is 14.5 Å². The van der Waals surface area contributed by atoms with E-state index in [-0.39, 0.29) is 36.1 Å². The monoisotopic (exact) mass is 530 g/mol. The molecule has 2 N–H and O–H groups in total. The first-order valence-corrected chi connectivity index (χ1v) is 9.90. The predicted molar refractivity (Wildman–Crippen MR) is 132 cm³/mol. The van der Waals surface area contributed by atoms with E-state index < -0.39 is 0 Å². The second kappa shape index (κ2) is 13.3. The van der Waals surface area contributed by atoms with E-state index in [0.29, 0.717) is 13.1 Å². The summed E-state index contributed by atoms with van der Waals surface area (Å²) in [5.41, 5.74) is 1.15. The van der Waals surface area contributed by atoms with Gasteiger partial charge < -0.3 is 25.0 Å². The Bertz CT molecular complexity index is 780. The summed E-state index contributed by atoms with van der Waals surface area (Å²) < 4.78 is 13.0. The Balaban J connectivity index is 0.00000450. The van der Waals surface area contributed by atoms with Crippen molar-refractivity contribution in [3.05, 3.63) is 42.2 Å². The number of rotatable bonds is 10. The molecule has 0 aliphatic rings. The van der Waals surface area contributed by atoms with E-state index in [1.54, 1.807) is 7.11 Å². The fraction of sp³-hybridized carbons (Fsp3) is 0.524. The maximum absolute atomic E-state index is 5.98. The molecule has 9 heteroatoms. The van der Waals surface area contributed by atoms with E-state index >= 15 is 0 Å². The second-order valence-corrected chi connectivity index (χ2v) is 7.13. The van der Waals surface area contributed by atoms with Gasteiger partial charge in [0, 0.05) is 31.4 Å². The van der Waals surface area contributed by atoms with Crippen molar-refractivity contribution in [3.63, 3.8) is 0 Å². The van der Waals surface area contributed by atoms with Gasteiger partial charge in [-0.15, -0.1) is 24.0 Å². The van der Waals surface area contributed by atoms with Crippen molar-refractivity contribution in [3.8, 4) is 11.5 Å². The van der Waals surface area contributed by atoms with E-state index in [0.717, 1.165) is 29.6 Å². The van der Waals surface area contributed by atoms with E-state index in [1.165, 1.54) is 0 Å². The molecule has 1 aromatic carbocycles. The number of nitrogens with one attached hydrogen (secondary N) is 2. The average Bonchev–Trinajstić information content (AvgIpc) is 3.12. The highest BCUT2D eigenvalue weighted by molar-refractivity contribution is 14.0. The highest BCUT2D eigenvalue weighted by atomic mass is 127. The Labute approximate surface area is 197 Å². The van der Waals surface area contributed by atoms with Crippen molar-refractivity contribution < 1.29 is 9.47 Å². The third-order valence-electron chi connectivity index (χ3n) is 4.43. The predicted octanol–water partition coefficient (Wildman–Crippen LogP) is 2.67. The largest absolute Gasteiger partial charge is 0.497 e. The molecule has 0 saturated carbocycles. The smallest absolute Gasteiger partial charge is 0.191 e. The molecule has 1 heterocycles. The van der Waals surface area contributed by atoms with Crippen molar-refractivity contribution in [2.45, 2.75) is 26.0 Å². The first-order chi connectivity index (χ1) is 13.9. The number of aryl methyl sites for hydroxylation is 1. The van der Waals surface area contributed by atoms with E-state index in [2.05, 4.69) is 41.7 Å². The van der Waals surface area contributed by atoms with Crippen LogP contribution in [0.15, 0.2) is 41.7 Å². The van der Waals surface area contributed by atoms with E-state index in [1.807, 2.05) is 55.3 Å². The minimum Gasteiger partial charge on any atom is -0.497 e. The van der Waals surface area contributed by atoms with Crippen LogP contribution in [0.2, 0.25) is 0 Å².